The summed E-state index contributed by atoms with van der Waals surface area (Å²) < 4.78 is 39.8. The van der Waals surface area contributed by atoms with Gasteiger partial charge in [-0.05, 0) is 13.8 Å². The number of aromatic nitrogens is 2. The van der Waals surface area contributed by atoms with Crippen molar-refractivity contribution in [3.63, 3.8) is 0 Å². The Hall–Kier alpha value is -2.31. The molecule has 1 aromatic heterocycles. The lowest BCUT2D eigenvalue weighted by molar-refractivity contribution is 0.498. The van der Waals surface area contributed by atoms with Crippen LogP contribution in [0.1, 0.15) is 12.6 Å². The fourth-order valence-corrected chi connectivity index (χ4v) is 1.65. The van der Waals surface area contributed by atoms with Gasteiger partial charge in [0.05, 0.1) is 5.69 Å². The fraction of sp³-hybridized carbons (Fsp3) is 0.231. The second-order valence-electron chi connectivity index (χ2n) is 4.12. The van der Waals surface area contributed by atoms with E-state index >= 15 is 0 Å². The van der Waals surface area contributed by atoms with Crippen LogP contribution in [0.5, 0.6) is 0 Å². The topological polar surface area (TPSA) is 49.8 Å². The molecule has 0 saturated carbocycles. The van der Waals surface area contributed by atoms with Crippen LogP contribution >= 0.6 is 0 Å². The van der Waals surface area contributed by atoms with Crippen molar-refractivity contribution in [1.29, 1.82) is 0 Å². The van der Waals surface area contributed by atoms with Crippen molar-refractivity contribution in [2.45, 2.75) is 13.8 Å². The Kier molecular flexibility index (Phi) is 4.07. The van der Waals surface area contributed by atoms with Crippen LogP contribution in [-0.4, -0.2) is 16.5 Å². The molecule has 0 unspecified atom stereocenters. The Labute approximate surface area is 114 Å². The summed E-state index contributed by atoms with van der Waals surface area (Å²) in [5.74, 6) is -2.69. The van der Waals surface area contributed by atoms with Gasteiger partial charge in [0.2, 0.25) is 5.95 Å². The van der Waals surface area contributed by atoms with E-state index in [1.165, 1.54) is 0 Å². The van der Waals surface area contributed by atoms with Crippen LogP contribution < -0.4 is 10.6 Å². The highest BCUT2D eigenvalue weighted by molar-refractivity contribution is 5.58. The average molecular weight is 282 g/mol. The number of nitrogens with zero attached hydrogens (tertiary/aromatic N) is 2. The molecule has 0 radical (unpaired) electrons. The van der Waals surface area contributed by atoms with Crippen molar-refractivity contribution in [3.8, 4) is 0 Å². The molecule has 4 nitrogen and oxygen atoms in total. The molecular weight excluding hydrogens is 269 g/mol. The largest absolute Gasteiger partial charge is 0.354 e. The molecule has 0 saturated heterocycles. The summed E-state index contributed by atoms with van der Waals surface area (Å²) in [6.45, 7) is 4.22. The van der Waals surface area contributed by atoms with E-state index in [2.05, 4.69) is 20.6 Å². The number of benzene rings is 1. The van der Waals surface area contributed by atoms with Gasteiger partial charge in [-0.1, -0.05) is 0 Å². The van der Waals surface area contributed by atoms with Crippen LogP contribution in [0.4, 0.5) is 30.6 Å². The van der Waals surface area contributed by atoms with Crippen molar-refractivity contribution in [3.05, 3.63) is 41.3 Å². The minimum absolute atomic E-state index is 0.248. The zero-order valence-corrected chi connectivity index (χ0v) is 11.0. The van der Waals surface area contributed by atoms with E-state index in [1.807, 2.05) is 6.92 Å². The molecule has 0 amide bonds. The van der Waals surface area contributed by atoms with Gasteiger partial charge >= 0.3 is 0 Å². The molecule has 0 fully saturated rings. The summed E-state index contributed by atoms with van der Waals surface area (Å²) in [7, 11) is 0. The number of anilines is 3. The highest BCUT2D eigenvalue weighted by atomic mass is 19.2. The van der Waals surface area contributed by atoms with Crippen LogP contribution in [0.2, 0.25) is 0 Å². The van der Waals surface area contributed by atoms with Crippen molar-refractivity contribution >= 4 is 17.5 Å². The second kappa shape index (κ2) is 5.77. The van der Waals surface area contributed by atoms with Crippen LogP contribution in [0.3, 0.4) is 0 Å². The molecule has 1 heterocycles. The molecule has 0 atom stereocenters. The summed E-state index contributed by atoms with van der Waals surface area (Å²) in [5.41, 5.74) is 0.318. The Morgan fingerprint density at radius 1 is 1.10 bits per heavy atom. The molecule has 0 aliphatic carbocycles. The molecule has 0 spiro atoms. The zero-order chi connectivity index (χ0) is 14.7. The summed E-state index contributed by atoms with van der Waals surface area (Å²) in [5, 5.41) is 5.46. The molecule has 106 valence electrons. The van der Waals surface area contributed by atoms with E-state index in [1.54, 1.807) is 13.0 Å². The number of halogens is 3. The zero-order valence-electron chi connectivity index (χ0n) is 11.0. The van der Waals surface area contributed by atoms with Gasteiger partial charge < -0.3 is 10.6 Å². The quantitative estimate of drug-likeness (QED) is 0.844. The van der Waals surface area contributed by atoms with E-state index in [0.29, 0.717) is 24.3 Å². The first kappa shape index (κ1) is 14.1. The molecule has 2 rings (SSSR count). The highest BCUT2D eigenvalue weighted by Gasteiger charge is 2.12. The van der Waals surface area contributed by atoms with E-state index in [4.69, 9.17) is 0 Å². The Bertz CT molecular complexity index is 631. The molecule has 0 aliphatic heterocycles. The van der Waals surface area contributed by atoms with Crippen LogP contribution in [-0.2, 0) is 0 Å². The lowest BCUT2D eigenvalue weighted by atomic mass is 10.2. The lowest BCUT2D eigenvalue weighted by Crippen LogP contribution is -2.06. The third-order valence-electron chi connectivity index (χ3n) is 2.44. The number of aryl methyl sites for hydroxylation is 1. The smallest absolute Gasteiger partial charge is 0.224 e. The van der Waals surface area contributed by atoms with Gasteiger partial charge in [-0.2, -0.15) is 4.98 Å². The molecular formula is C13H13F3N4. The van der Waals surface area contributed by atoms with Gasteiger partial charge in [0.15, 0.2) is 11.6 Å². The van der Waals surface area contributed by atoms with Crippen LogP contribution in [0, 0.1) is 24.4 Å². The molecule has 2 aromatic rings. The van der Waals surface area contributed by atoms with Gasteiger partial charge in [-0.15, -0.1) is 0 Å². The van der Waals surface area contributed by atoms with E-state index in [0.717, 1.165) is 6.07 Å². The number of hydrogen-bond donors (Lipinski definition) is 2. The molecule has 0 bridgehead atoms. The van der Waals surface area contributed by atoms with Crippen molar-refractivity contribution in [2.24, 2.45) is 0 Å². The number of hydrogen-bond acceptors (Lipinski definition) is 4. The molecule has 20 heavy (non-hydrogen) atoms. The third-order valence-corrected chi connectivity index (χ3v) is 2.44. The predicted molar refractivity (Wildman–Crippen MR) is 70.5 cm³/mol. The molecule has 7 heteroatoms. The molecule has 0 aliphatic rings. The Morgan fingerprint density at radius 2 is 1.85 bits per heavy atom. The first-order chi connectivity index (χ1) is 9.49. The van der Waals surface area contributed by atoms with E-state index < -0.39 is 17.5 Å². The van der Waals surface area contributed by atoms with Gasteiger partial charge in [0.1, 0.15) is 11.6 Å². The summed E-state index contributed by atoms with van der Waals surface area (Å²) >= 11 is 0. The number of nitrogens with one attached hydrogen (secondary N) is 2. The van der Waals surface area contributed by atoms with Gasteiger partial charge in [0.25, 0.3) is 0 Å². The van der Waals surface area contributed by atoms with Crippen LogP contribution in [0.25, 0.3) is 0 Å². The Balaban J connectivity index is 2.34. The van der Waals surface area contributed by atoms with E-state index in [-0.39, 0.29) is 11.5 Å². The SMILES string of the molecule is CCNc1nc(C)cc(Nc2cc(F)cc(F)c2F)n1. The summed E-state index contributed by atoms with van der Waals surface area (Å²) in [6.07, 6.45) is 0. The normalized spacial score (nSPS) is 10.4. The second-order valence-corrected chi connectivity index (χ2v) is 4.12. The maximum absolute atomic E-state index is 13.6. The third kappa shape index (κ3) is 3.17. The van der Waals surface area contributed by atoms with Crippen molar-refractivity contribution < 1.29 is 13.2 Å². The maximum Gasteiger partial charge on any atom is 0.224 e. The average Bonchev–Trinajstić information content (AvgIpc) is 2.35. The Morgan fingerprint density at radius 3 is 2.55 bits per heavy atom. The molecule has 1 aromatic carbocycles. The monoisotopic (exact) mass is 282 g/mol. The first-order valence-electron chi connectivity index (χ1n) is 6.00. The standard InChI is InChI=1S/C13H13F3N4/c1-3-17-13-18-7(2)4-11(20-13)19-10-6-8(14)5-9(15)12(10)16/h4-6H,3H2,1-2H3,(H2,17,18,19,20). The van der Waals surface area contributed by atoms with Crippen LogP contribution in [0.15, 0.2) is 18.2 Å². The minimum Gasteiger partial charge on any atom is -0.354 e. The highest BCUT2D eigenvalue weighted by Crippen LogP contribution is 2.23. The first-order valence-corrected chi connectivity index (χ1v) is 6.00. The van der Waals surface area contributed by atoms with Gasteiger partial charge in [-0.25, -0.2) is 18.2 Å². The maximum atomic E-state index is 13.6. The predicted octanol–water partition coefficient (Wildman–Crippen LogP) is 3.38. The van der Waals surface area contributed by atoms with Crippen molar-refractivity contribution in [2.75, 3.05) is 17.2 Å². The fourth-order valence-electron chi connectivity index (χ4n) is 1.65. The summed E-state index contributed by atoms with van der Waals surface area (Å²) in [6, 6.07) is 2.89. The number of rotatable bonds is 4. The molecule has 2 N–H and O–H groups in total. The van der Waals surface area contributed by atoms with Crippen molar-refractivity contribution in [1.82, 2.24) is 9.97 Å². The lowest BCUT2D eigenvalue weighted by Gasteiger charge is -2.10. The van der Waals surface area contributed by atoms with Gasteiger partial charge in [-0.3, -0.25) is 0 Å². The van der Waals surface area contributed by atoms with Gasteiger partial charge in [0, 0.05) is 30.4 Å². The summed E-state index contributed by atoms with van der Waals surface area (Å²) in [4.78, 5) is 8.19. The van der Waals surface area contributed by atoms with E-state index in [9.17, 15) is 13.2 Å². The minimum atomic E-state index is -1.26.